The fraction of sp³-hybridized carbons (Fsp3) is 0.471. The van der Waals surface area contributed by atoms with Crippen LogP contribution in [0.15, 0.2) is 30.3 Å². The number of nitrogens with one attached hydrogen (secondary N) is 3. The second kappa shape index (κ2) is 9.61. The monoisotopic (exact) mass is 319 g/mol. The molecule has 3 N–H and O–H groups in total. The summed E-state index contributed by atoms with van der Waals surface area (Å²) in [5.74, 6) is -0.950. The molecule has 6 heteroatoms. The maximum absolute atomic E-state index is 12.3. The van der Waals surface area contributed by atoms with Gasteiger partial charge in [-0.2, -0.15) is 0 Å². The molecule has 1 rings (SSSR count). The van der Waals surface area contributed by atoms with Gasteiger partial charge in [-0.05, 0) is 25.0 Å². The number of benzene rings is 1. The lowest BCUT2D eigenvalue weighted by atomic mass is 9.98. The predicted octanol–water partition coefficient (Wildman–Crippen LogP) is 1.08. The second-order valence-corrected chi connectivity index (χ2v) is 5.37. The molecule has 1 aromatic carbocycles. The van der Waals surface area contributed by atoms with Gasteiger partial charge in [0.1, 0.15) is 6.04 Å². The standard InChI is InChI=1S/C17H25N3O3/c1-4-12(3)15(17(23)19-11-14(21)18-5-2)20-16(22)13-9-7-6-8-10-13/h6-10,12,15H,4-5,11H2,1-3H3,(H,18,21)(H,19,23)(H,20,22)/t12-,15-/m0/s1. The van der Waals surface area contributed by atoms with Crippen molar-refractivity contribution < 1.29 is 14.4 Å². The summed E-state index contributed by atoms with van der Waals surface area (Å²) in [7, 11) is 0. The molecule has 0 aromatic heterocycles. The van der Waals surface area contributed by atoms with E-state index in [1.807, 2.05) is 26.8 Å². The summed E-state index contributed by atoms with van der Waals surface area (Å²) >= 11 is 0. The highest BCUT2D eigenvalue weighted by atomic mass is 16.2. The zero-order valence-corrected chi connectivity index (χ0v) is 13.9. The van der Waals surface area contributed by atoms with Crippen LogP contribution in [0.25, 0.3) is 0 Å². The number of amides is 3. The van der Waals surface area contributed by atoms with Crippen LogP contribution in [0, 0.1) is 5.92 Å². The highest BCUT2D eigenvalue weighted by molar-refractivity contribution is 5.98. The topological polar surface area (TPSA) is 87.3 Å². The minimum Gasteiger partial charge on any atom is -0.355 e. The quantitative estimate of drug-likeness (QED) is 0.670. The zero-order chi connectivity index (χ0) is 17.2. The minimum absolute atomic E-state index is 0.0445. The van der Waals surface area contributed by atoms with Crippen molar-refractivity contribution in [3.8, 4) is 0 Å². The molecule has 0 saturated carbocycles. The molecule has 0 aliphatic carbocycles. The third-order valence-electron chi connectivity index (χ3n) is 3.62. The van der Waals surface area contributed by atoms with Gasteiger partial charge in [0, 0.05) is 12.1 Å². The summed E-state index contributed by atoms with van der Waals surface area (Å²) in [6.07, 6.45) is 0.730. The van der Waals surface area contributed by atoms with Gasteiger partial charge < -0.3 is 16.0 Å². The fourth-order valence-electron chi connectivity index (χ4n) is 2.05. The summed E-state index contributed by atoms with van der Waals surface area (Å²) in [4.78, 5) is 36.0. The highest BCUT2D eigenvalue weighted by Gasteiger charge is 2.26. The van der Waals surface area contributed by atoms with Gasteiger partial charge in [-0.15, -0.1) is 0 Å². The molecule has 0 aliphatic heterocycles. The van der Waals surface area contributed by atoms with Crippen LogP contribution in [0.4, 0.5) is 0 Å². The first-order valence-electron chi connectivity index (χ1n) is 7.89. The van der Waals surface area contributed by atoms with E-state index in [2.05, 4.69) is 16.0 Å². The summed E-state index contributed by atoms with van der Waals surface area (Å²) in [6.45, 7) is 6.06. The van der Waals surface area contributed by atoms with Gasteiger partial charge >= 0.3 is 0 Å². The van der Waals surface area contributed by atoms with Crippen LogP contribution in [-0.4, -0.2) is 36.9 Å². The Morgan fingerprint density at radius 2 is 1.70 bits per heavy atom. The smallest absolute Gasteiger partial charge is 0.251 e. The highest BCUT2D eigenvalue weighted by Crippen LogP contribution is 2.09. The largest absolute Gasteiger partial charge is 0.355 e. The van der Waals surface area contributed by atoms with Crippen molar-refractivity contribution in [1.82, 2.24) is 16.0 Å². The average Bonchev–Trinajstić information content (AvgIpc) is 2.57. The van der Waals surface area contributed by atoms with Crippen LogP contribution in [0.1, 0.15) is 37.6 Å². The molecule has 0 heterocycles. The lowest BCUT2D eigenvalue weighted by Gasteiger charge is -2.23. The average molecular weight is 319 g/mol. The molecule has 2 atom stereocenters. The predicted molar refractivity (Wildman–Crippen MR) is 88.8 cm³/mol. The van der Waals surface area contributed by atoms with Crippen LogP contribution < -0.4 is 16.0 Å². The van der Waals surface area contributed by atoms with Crippen LogP contribution >= 0.6 is 0 Å². The molecule has 0 aliphatic rings. The normalized spacial score (nSPS) is 12.8. The van der Waals surface area contributed by atoms with Crippen LogP contribution in [0.2, 0.25) is 0 Å². The van der Waals surface area contributed by atoms with Crippen molar-refractivity contribution in [2.75, 3.05) is 13.1 Å². The molecule has 23 heavy (non-hydrogen) atoms. The molecule has 0 fully saturated rings. The molecule has 1 aromatic rings. The molecular formula is C17H25N3O3. The van der Waals surface area contributed by atoms with E-state index in [4.69, 9.17) is 0 Å². The molecule has 126 valence electrons. The van der Waals surface area contributed by atoms with Gasteiger partial charge in [-0.3, -0.25) is 14.4 Å². The fourth-order valence-corrected chi connectivity index (χ4v) is 2.05. The number of likely N-dealkylation sites (N-methyl/N-ethyl adjacent to an activating group) is 1. The van der Waals surface area contributed by atoms with Gasteiger partial charge in [-0.25, -0.2) is 0 Å². The van der Waals surface area contributed by atoms with E-state index in [1.165, 1.54) is 0 Å². The van der Waals surface area contributed by atoms with Crippen molar-refractivity contribution in [3.63, 3.8) is 0 Å². The Morgan fingerprint density at radius 3 is 2.26 bits per heavy atom. The van der Waals surface area contributed by atoms with Crippen molar-refractivity contribution in [3.05, 3.63) is 35.9 Å². The Hall–Kier alpha value is -2.37. The zero-order valence-electron chi connectivity index (χ0n) is 13.9. The number of hydrogen-bond acceptors (Lipinski definition) is 3. The van der Waals surface area contributed by atoms with Gasteiger partial charge in [0.25, 0.3) is 5.91 Å². The molecule has 0 unspecified atom stereocenters. The Balaban J connectivity index is 2.70. The second-order valence-electron chi connectivity index (χ2n) is 5.37. The molecule has 6 nitrogen and oxygen atoms in total. The van der Waals surface area contributed by atoms with Crippen molar-refractivity contribution in [2.24, 2.45) is 5.92 Å². The van der Waals surface area contributed by atoms with E-state index >= 15 is 0 Å². The minimum atomic E-state index is -0.679. The number of carbonyl (C=O) groups excluding carboxylic acids is 3. The number of carbonyl (C=O) groups is 3. The Kier molecular flexibility index (Phi) is 7.80. The summed E-state index contributed by atoms with van der Waals surface area (Å²) in [5, 5.41) is 7.94. The van der Waals surface area contributed by atoms with Crippen LogP contribution in [0.3, 0.4) is 0 Å². The number of rotatable bonds is 8. The Morgan fingerprint density at radius 1 is 1.04 bits per heavy atom. The van der Waals surface area contributed by atoms with Crippen LogP contribution in [-0.2, 0) is 9.59 Å². The molecule has 0 spiro atoms. The van der Waals surface area contributed by atoms with Gasteiger partial charge in [-0.1, -0.05) is 38.5 Å². The summed E-state index contributed by atoms with van der Waals surface area (Å²) in [6, 6.07) is 8.06. The van der Waals surface area contributed by atoms with E-state index in [0.29, 0.717) is 12.1 Å². The van der Waals surface area contributed by atoms with E-state index < -0.39 is 6.04 Å². The van der Waals surface area contributed by atoms with E-state index in [-0.39, 0.29) is 30.2 Å². The summed E-state index contributed by atoms with van der Waals surface area (Å²) < 4.78 is 0. The van der Waals surface area contributed by atoms with Gasteiger partial charge in [0.2, 0.25) is 11.8 Å². The van der Waals surface area contributed by atoms with Crippen molar-refractivity contribution in [1.29, 1.82) is 0 Å². The maximum atomic E-state index is 12.3. The van der Waals surface area contributed by atoms with E-state index in [9.17, 15) is 14.4 Å². The third kappa shape index (κ3) is 6.10. The number of hydrogen-bond donors (Lipinski definition) is 3. The lowest BCUT2D eigenvalue weighted by molar-refractivity contribution is -0.127. The first-order valence-corrected chi connectivity index (χ1v) is 7.89. The van der Waals surface area contributed by atoms with Crippen molar-refractivity contribution >= 4 is 17.7 Å². The Bertz CT molecular complexity index is 531. The molecule has 0 bridgehead atoms. The molecule has 3 amide bonds. The first kappa shape index (κ1) is 18.7. The van der Waals surface area contributed by atoms with E-state index in [1.54, 1.807) is 24.3 Å². The van der Waals surface area contributed by atoms with Crippen molar-refractivity contribution in [2.45, 2.75) is 33.2 Å². The molecular weight excluding hydrogens is 294 g/mol. The van der Waals surface area contributed by atoms with Crippen LogP contribution in [0.5, 0.6) is 0 Å². The maximum Gasteiger partial charge on any atom is 0.251 e. The molecule has 0 radical (unpaired) electrons. The van der Waals surface area contributed by atoms with E-state index in [0.717, 1.165) is 6.42 Å². The SMILES string of the molecule is CCNC(=O)CNC(=O)[C@@H](NC(=O)c1ccccc1)[C@@H](C)CC. The third-order valence-corrected chi connectivity index (χ3v) is 3.62. The first-order chi connectivity index (χ1) is 11.0. The molecule has 0 saturated heterocycles. The van der Waals surface area contributed by atoms with Gasteiger partial charge in [0.15, 0.2) is 0 Å². The van der Waals surface area contributed by atoms with Gasteiger partial charge in [0.05, 0.1) is 6.54 Å². The Labute approximate surface area is 137 Å². The summed E-state index contributed by atoms with van der Waals surface area (Å²) in [5.41, 5.74) is 0.498. The lowest BCUT2D eigenvalue weighted by Crippen LogP contribution is -2.51.